The quantitative estimate of drug-likeness (QED) is 0.391. The van der Waals surface area contributed by atoms with Crippen LogP contribution in [0.4, 0.5) is 23.0 Å². The van der Waals surface area contributed by atoms with Gasteiger partial charge in [0.25, 0.3) is 5.91 Å². The summed E-state index contributed by atoms with van der Waals surface area (Å²) in [5, 5.41) is 6.17. The molecule has 1 fully saturated rings. The van der Waals surface area contributed by atoms with Crippen molar-refractivity contribution < 1.29 is 4.79 Å². The monoisotopic (exact) mass is 494 g/mol. The number of nitrogens with zero attached hydrogens (tertiary/aromatic N) is 6. The molecule has 1 amide bonds. The van der Waals surface area contributed by atoms with Crippen LogP contribution in [0.2, 0.25) is 0 Å². The number of hydrogen-bond donors (Lipinski definition) is 2. The van der Waals surface area contributed by atoms with Crippen LogP contribution in [-0.4, -0.2) is 63.5 Å². The number of anilines is 4. The maximum atomic E-state index is 13.0. The molecule has 9 nitrogen and oxygen atoms in total. The highest BCUT2D eigenvalue weighted by molar-refractivity contribution is 6.04. The third kappa shape index (κ3) is 5.90. The van der Waals surface area contributed by atoms with Gasteiger partial charge in [0.2, 0.25) is 5.95 Å². The van der Waals surface area contributed by atoms with Crippen molar-refractivity contribution in [3.05, 3.63) is 84.6 Å². The molecule has 9 heteroatoms. The fraction of sp³-hybridized carbons (Fsp3) is 0.250. The van der Waals surface area contributed by atoms with E-state index >= 15 is 0 Å². The molecule has 1 aromatic carbocycles. The number of hydrogen-bond acceptors (Lipinski definition) is 8. The summed E-state index contributed by atoms with van der Waals surface area (Å²) in [5.41, 5.74) is 5.40. The molecule has 0 radical (unpaired) electrons. The Morgan fingerprint density at radius 3 is 2.51 bits per heavy atom. The summed E-state index contributed by atoms with van der Waals surface area (Å²) < 4.78 is 0. The number of likely N-dealkylation sites (N-methyl/N-ethyl adjacent to an activating group) is 1. The molecule has 5 rings (SSSR count). The first-order valence-electron chi connectivity index (χ1n) is 12.4. The van der Waals surface area contributed by atoms with E-state index in [2.05, 4.69) is 59.4 Å². The Kier molecular flexibility index (Phi) is 7.32. The Balaban J connectivity index is 1.25. The number of aromatic nitrogens is 4. The van der Waals surface area contributed by atoms with Crippen molar-refractivity contribution in [2.45, 2.75) is 13.8 Å². The molecule has 0 atom stereocenters. The van der Waals surface area contributed by atoms with E-state index in [1.165, 1.54) is 5.69 Å². The SMILES string of the molecule is CCN1CCN(c2ccc(NC(=O)c3cnc(C)c(Nc4nccc(-c5cccnc5)n4)c3)cc2)CC1. The predicted molar refractivity (Wildman–Crippen MR) is 146 cm³/mol. The van der Waals surface area contributed by atoms with Gasteiger partial charge in [0.05, 0.1) is 22.6 Å². The number of rotatable bonds is 7. The summed E-state index contributed by atoms with van der Waals surface area (Å²) in [7, 11) is 0. The van der Waals surface area contributed by atoms with Gasteiger partial charge in [-0.05, 0) is 62.0 Å². The number of benzene rings is 1. The van der Waals surface area contributed by atoms with E-state index < -0.39 is 0 Å². The standard InChI is InChI=1S/C28H30N8O/c1-3-35-13-15-36(16-14-35)24-8-6-23(7-9-24)32-27(37)22-17-26(20(2)31-19-22)34-28-30-12-10-25(33-28)21-5-4-11-29-18-21/h4-12,17-19H,3,13-16H2,1-2H3,(H,32,37)(H,30,33,34). The molecule has 4 heterocycles. The number of pyridine rings is 2. The third-order valence-corrected chi connectivity index (χ3v) is 6.52. The van der Waals surface area contributed by atoms with Crippen LogP contribution in [0.1, 0.15) is 23.0 Å². The second kappa shape index (κ2) is 11.1. The van der Waals surface area contributed by atoms with Crippen LogP contribution < -0.4 is 15.5 Å². The molecule has 3 aromatic heterocycles. The molecule has 4 aromatic rings. The molecular formula is C28H30N8O. The normalized spacial score (nSPS) is 13.8. The van der Waals surface area contributed by atoms with Gasteiger partial charge in [-0.15, -0.1) is 0 Å². The number of aryl methyl sites for hydroxylation is 1. The minimum absolute atomic E-state index is 0.232. The van der Waals surface area contributed by atoms with Crippen molar-refractivity contribution in [1.82, 2.24) is 24.8 Å². The van der Waals surface area contributed by atoms with E-state index in [9.17, 15) is 4.79 Å². The second-order valence-electron chi connectivity index (χ2n) is 8.91. The third-order valence-electron chi connectivity index (χ3n) is 6.52. The van der Waals surface area contributed by atoms with Gasteiger partial charge in [-0.1, -0.05) is 6.92 Å². The first kappa shape index (κ1) is 24.3. The van der Waals surface area contributed by atoms with Gasteiger partial charge < -0.3 is 20.4 Å². The highest BCUT2D eigenvalue weighted by atomic mass is 16.1. The Morgan fingerprint density at radius 1 is 0.973 bits per heavy atom. The average Bonchev–Trinajstić information content (AvgIpc) is 2.95. The van der Waals surface area contributed by atoms with Crippen molar-refractivity contribution in [2.24, 2.45) is 0 Å². The Morgan fingerprint density at radius 2 is 1.78 bits per heavy atom. The van der Waals surface area contributed by atoms with Crippen LogP contribution in [0, 0.1) is 6.92 Å². The van der Waals surface area contributed by atoms with Crippen LogP contribution in [0.25, 0.3) is 11.3 Å². The fourth-order valence-corrected chi connectivity index (χ4v) is 4.28. The average molecular weight is 495 g/mol. The van der Waals surface area contributed by atoms with Crippen molar-refractivity contribution >= 4 is 28.9 Å². The lowest BCUT2D eigenvalue weighted by Gasteiger charge is -2.35. The van der Waals surface area contributed by atoms with Crippen molar-refractivity contribution in [3.63, 3.8) is 0 Å². The van der Waals surface area contributed by atoms with E-state index in [4.69, 9.17) is 0 Å². The van der Waals surface area contributed by atoms with Crippen LogP contribution in [0.3, 0.4) is 0 Å². The predicted octanol–water partition coefficient (Wildman–Crippen LogP) is 4.38. The summed E-state index contributed by atoms with van der Waals surface area (Å²) >= 11 is 0. The first-order chi connectivity index (χ1) is 18.1. The molecule has 0 aliphatic carbocycles. The van der Waals surface area contributed by atoms with Crippen molar-refractivity contribution in [2.75, 3.05) is 48.3 Å². The van der Waals surface area contributed by atoms with E-state index in [1.54, 1.807) is 30.9 Å². The molecule has 188 valence electrons. The highest BCUT2D eigenvalue weighted by Crippen LogP contribution is 2.23. The molecule has 1 saturated heterocycles. The molecule has 1 aliphatic rings. The highest BCUT2D eigenvalue weighted by Gasteiger charge is 2.16. The van der Waals surface area contributed by atoms with E-state index in [-0.39, 0.29) is 5.91 Å². The Labute approximate surface area is 216 Å². The Hall–Kier alpha value is -4.37. The number of amides is 1. The number of carbonyl (C=O) groups is 1. The van der Waals surface area contributed by atoms with Gasteiger partial charge in [-0.2, -0.15) is 0 Å². The van der Waals surface area contributed by atoms with Crippen LogP contribution >= 0.6 is 0 Å². The van der Waals surface area contributed by atoms with Gasteiger partial charge in [-0.3, -0.25) is 14.8 Å². The zero-order chi connectivity index (χ0) is 25.6. The largest absolute Gasteiger partial charge is 0.369 e. The molecule has 1 aliphatic heterocycles. The zero-order valence-corrected chi connectivity index (χ0v) is 21.1. The van der Waals surface area contributed by atoms with E-state index in [0.717, 1.165) is 55.4 Å². The van der Waals surface area contributed by atoms with Gasteiger partial charge in [-0.25, -0.2) is 9.97 Å². The van der Waals surface area contributed by atoms with Crippen LogP contribution in [0.15, 0.2) is 73.3 Å². The zero-order valence-electron chi connectivity index (χ0n) is 21.1. The lowest BCUT2D eigenvalue weighted by atomic mass is 10.2. The van der Waals surface area contributed by atoms with Gasteiger partial charge in [0.1, 0.15) is 0 Å². The van der Waals surface area contributed by atoms with Crippen molar-refractivity contribution in [1.29, 1.82) is 0 Å². The first-order valence-corrected chi connectivity index (χ1v) is 12.4. The maximum Gasteiger partial charge on any atom is 0.257 e. The Bertz CT molecular complexity index is 1350. The minimum atomic E-state index is -0.232. The van der Waals surface area contributed by atoms with Gasteiger partial charge in [0, 0.05) is 67.9 Å². The summed E-state index contributed by atoms with van der Waals surface area (Å²) in [5.74, 6) is 0.184. The number of nitrogens with one attached hydrogen (secondary N) is 2. The van der Waals surface area contributed by atoms with Gasteiger partial charge in [0.15, 0.2) is 0 Å². The molecule has 2 N–H and O–H groups in total. The molecule has 0 saturated carbocycles. The molecule has 0 bridgehead atoms. The molecule has 0 unspecified atom stereocenters. The van der Waals surface area contributed by atoms with E-state index in [1.807, 2.05) is 37.3 Å². The van der Waals surface area contributed by atoms with Crippen molar-refractivity contribution in [3.8, 4) is 11.3 Å². The topological polar surface area (TPSA) is 99.2 Å². The van der Waals surface area contributed by atoms with Gasteiger partial charge >= 0.3 is 0 Å². The smallest absolute Gasteiger partial charge is 0.257 e. The van der Waals surface area contributed by atoms with Crippen LogP contribution in [-0.2, 0) is 0 Å². The summed E-state index contributed by atoms with van der Waals surface area (Å²) in [6.45, 7) is 9.33. The molecule has 37 heavy (non-hydrogen) atoms. The molecular weight excluding hydrogens is 464 g/mol. The summed E-state index contributed by atoms with van der Waals surface area (Å²) in [6.07, 6.45) is 6.73. The maximum absolute atomic E-state index is 13.0. The molecule has 0 spiro atoms. The fourth-order valence-electron chi connectivity index (χ4n) is 4.28. The lowest BCUT2D eigenvalue weighted by molar-refractivity contribution is 0.102. The lowest BCUT2D eigenvalue weighted by Crippen LogP contribution is -2.46. The van der Waals surface area contributed by atoms with Crippen LogP contribution in [0.5, 0.6) is 0 Å². The number of piperazine rings is 1. The number of carbonyl (C=O) groups excluding carboxylic acids is 1. The van der Waals surface area contributed by atoms with E-state index in [0.29, 0.717) is 17.2 Å². The summed E-state index contributed by atoms with van der Waals surface area (Å²) in [4.78, 5) is 35.3. The second-order valence-corrected chi connectivity index (χ2v) is 8.91. The summed E-state index contributed by atoms with van der Waals surface area (Å²) in [6, 6.07) is 15.4. The minimum Gasteiger partial charge on any atom is -0.369 e.